The molecule has 6 atom stereocenters. The summed E-state index contributed by atoms with van der Waals surface area (Å²) in [6.45, 7) is 8.02. The maximum atomic E-state index is 12.6. The van der Waals surface area contributed by atoms with Gasteiger partial charge in [0.15, 0.2) is 0 Å². The second-order valence-corrected chi connectivity index (χ2v) is 9.74. The van der Waals surface area contributed by atoms with Crippen LogP contribution in [0.15, 0.2) is 11.6 Å². The molecule has 168 valence electrons. The molecule has 2 N–H and O–H groups in total. The summed E-state index contributed by atoms with van der Waals surface area (Å²) in [5, 5.41) is 0. The van der Waals surface area contributed by atoms with Crippen LogP contribution >= 0.6 is 0 Å². The van der Waals surface area contributed by atoms with Crippen molar-refractivity contribution in [2.24, 2.45) is 17.6 Å². The third-order valence-electron chi connectivity index (χ3n) is 7.19. The molecule has 3 heterocycles. The van der Waals surface area contributed by atoms with Gasteiger partial charge in [0.1, 0.15) is 23.4 Å². The van der Waals surface area contributed by atoms with Crippen LogP contribution < -0.4 is 5.73 Å². The number of carbonyl (C=O) groups is 2. The first kappa shape index (κ1) is 21.6. The number of hydrogen-bond acceptors (Lipinski definition) is 6. The van der Waals surface area contributed by atoms with Gasteiger partial charge in [0, 0.05) is 32.5 Å². The molecule has 0 bridgehead atoms. The lowest BCUT2D eigenvalue weighted by atomic mass is 9.68. The molecule has 0 radical (unpaired) electrons. The Bertz CT molecular complexity index is 725. The molecule has 0 aromatic rings. The van der Waals surface area contributed by atoms with E-state index in [0.717, 1.165) is 12.8 Å². The van der Waals surface area contributed by atoms with Crippen molar-refractivity contribution in [2.45, 2.75) is 76.0 Å². The van der Waals surface area contributed by atoms with Crippen LogP contribution in [0.4, 0.5) is 4.79 Å². The van der Waals surface area contributed by atoms with E-state index in [1.165, 1.54) is 5.57 Å². The van der Waals surface area contributed by atoms with Gasteiger partial charge in [0.25, 0.3) is 0 Å². The molecule has 8 heteroatoms. The van der Waals surface area contributed by atoms with Crippen molar-refractivity contribution >= 4 is 12.0 Å². The van der Waals surface area contributed by atoms with Crippen LogP contribution in [0.2, 0.25) is 0 Å². The summed E-state index contributed by atoms with van der Waals surface area (Å²) < 4.78 is 23.9. The molecule has 0 aromatic carbocycles. The van der Waals surface area contributed by atoms with Crippen molar-refractivity contribution in [3.63, 3.8) is 0 Å². The van der Waals surface area contributed by atoms with Gasteiger partial charge in [-0.05, 0) is 40.0 Å². The van der Waals surface area contributed by atoms with Gasteiger partial charge in [0.05, 0.1) is 18.6 Å². The van der Waals surface area contributed by atoms with E-state index in [9.17, 15) is 9.59 Å². The van der Waals surface area contributed by atoms with Gasteiger partial charge in [0.2, 0.25) is 5.91 Å². The van der Waals surface area contributed by atoms with E-state index in [0.29, 0.717) is 32.5 Å². The normalized spacial score (nSPS) is 39.9. The third kappa shape index (κ3) is 3.97. The highest BCUT2D eigenvalue weighted by molar-refractivity contribution is 5.75. The zero-order chi connectivity index (χ0) is 21.7. The molecule has 4 rings (SSSR count). The predicted octanol–water partition coefficient (Wildman–Crippen LogP) is 2.01. The summed E-state index contributed by atoms with van der Waals surface area (Å²) in [6, 6.07) is 0. The molecule has 4 fully saturated rings. The Labute approximate surface area is 178 Å². The van der Waals surface area contributed by atoms with Gasteiger partial charge in [-0.15, -0.1) is 0 Å². The fourth-order valence-electron chi connectivity index (χ4n) is 5.41. The highest BCUT2D eigenvalue weighted by atomic mass is 16.6. The number of carbonyl (C=O) groups excluding carboxylic acids is 2. The second-order valence-electron chi connectivity index (χ2n) is 9.74. The Morgan fingerprint density at radius 2 is 2.00 bits per heavy atom. The molecule has 1 saturated carbocycles. The second kappa shape index (κ2) is 7.80. The van der Waals surface area contributed by atoms with Crippen LogP contribution in [0.25, 0.3) is 0 Å². The molecule has 3 saturated heterocycles. The number of ether oxygens (including phenoxy) is 4. The molecule has 8 nitrogen and oxygen atoms in total. The molecule has 3 aliphatic heterocycles. The average Bonchev–Trinajstić information content (AvgIpc) is 3.55. The number of rotatable bonds is 7. The molecule has 1 unspecified atom stereocenters. The quantitative estimate of drug-likeness (QED) is 0.497. The van der Waals surface area contributed by atoms with Crippen molar-refractivity contribution in [1.29, 1.82) is 0 Å². The Morgan fingerprint density at radius 1 is 1.30 bits per heavy atom. The summed E-state index contributed by atoms with van der Waals surface area (Å²) >= 11 is 0. The van der Waals surface area contributed by atoms with Crippen LogP contribution in [0.1, 0.15) is 46.5 Å². The fraction of sp³-hybridized carbons (Fsp3) is 0.818. The Kier molecular flexibility index (Phi) is 5.61. The van der Waals surface area contributed by atoms with E-state index in [1.807, 2.05) is 0 Å². The summed E-state index contributed by atoms with van der Waals surface area (Å²) in [6.07, 6.45) is 4.04. The summed E-state index contributed by atoms with van der Waals surface area (Å²) in [5.41, 5.74) is 5.92. The molecule has 4 aliphatic rings. The summed E-state index contributed by atoms with van der Waals surface area (Å²) in [4.78, 5) is 25.3. The largest absolute Gasteiger partial charge is 0.443 e. The number of primary amides is 1. The minimum Gasteiger partial charge on any atom is -0.443 e. The van der Waals surface area contributed by atoms with Gasteiger partial charge in [-0.2, -0.15) is 0 Å². The van der Waals surface area contributed by atoms with Crippen molar-refractivity contribution in [3.05, 3.63) is 11.6 Å². The number of epoxide rings is 2. The number of allylic oxidation sites excluding steroid dienone is 1. The number of methoxy groups -OCH3 is 1. The van der Waals surface area contributed by atoms with Crippen LogP contribution in [-0.2, 0) is 23.7 Å². The lowest BCUT2D eigenvalue weighted by molar-refractivity contribution is -0.126. The SMILES string of the molecule is CO[C@H]1C([C@@]2(C)O[C@@H]2CC=C(C)C)[C@]2(CC[C@H]1OC(=O)N1CC(CC(N)=O)C1)CO2. The minimum absolute atomic E-state index is 0.0103. The molecule has 0 aromatic heterocycles. The zero-order valence-electron chi connectivity index (χ0n) is 18.4. The van der Waals surface area contributed by atoms with Gasteiger partial charge in [-0.3, -0.25) is 4.79 Å². The summed E-state index contributed by atoms with van der Waals surface area (Å²) in [7, 11) is 1.67. The van der Waals surface area contributed by atoms with Crippen LogP contribution in [0.5, 0.6) is 0 Å². The third-order valence-corrected chi connectivity index (χ3v) is 7.19. The summed E-state index contributed by atoms with van der Waals surface area (Å²) in [5.74, 6) is -0.195. The smallest absolute Gasteiger partial charge is 0.410 e. The number of hydrogen-bond donors (Lipinski definition) is 1. The number of likely N-dealkylation sites (tertiary alicyclic amines) is 1. The van der Waals surface area contributed by atoms with E-state index < -0.39 is 0 Å². The van der Waals surface area contributed by atoms with Crippen molar-refractivity contribution in [3.8, 4) is 0 Å². The highest BCUT2D eigenvalue weighted by Gasteiger charge is 2.72. The lowest BCUT2D eigenvalue weighted by Crippen LogP contribution is -2.57. The Hall–Kier alpha value is -1.64. The monoisotopic (exact) mass is 422 g/mol. The first-order valence-electron chi connectivity index (χ1n) is 10.9. The highest BCUT2D eigenvalue weighted by Crippen LogP contribution is 2.59. The minimum atomic E-state index is -0.350. The van der Waals surface area contributed by atoms with E-state index in [1.54, 1.807) is 12.0 Å². The van der Waals surface area contributed by atoms with Crippen LogP contribution in [0.3, 0.4) is 0 Å². The number of nitrogens with zero attached hydrogens (tertiary/aromatic N) is 1. The molecular formula is C22H34N2O6. The van der Waals surface area contributed by atoms with Crippen LogP contribution in [-0.4, -0.2) is 73.2 Å². The molecule has 1 aliphatic carbocycles. The molecule has 2 amide bonds. The average molecular weight is 423 g/mol. The molecule has 30 heavy (non-hydrogen) atoms. The van der Waals surface area contributed by atoms with Gasteiger partial charge < -0.3 is 29.6 Å². The topological polar surface area (TPSA) is 107 Å². The van der Waals surface area contributed by atoms with Crippen molar-refractivity contribution in [2.75, 3.05) is 26.8 Å². The van der Waals surface area contributed by atoms with Gasteiger partial charge >= 0.3 is 6.09 Å². The standard InChI is InChI=1S/C22H34N2O6/c1-13(2)5-6-16-21(3,30-16)19-18(27-4)15(7-8-22(19)12-28-22)29-20(26)24-10-14(11-24)9-17(23)25/h5,14-16,18-19H,6-12H2,1-4H3,(H2,23,25)/t15-,16-,18-,19?,21+,22+/m1/s1. The van der Waals surface area contributed by atoms with E-state index in [4.69, 9.17) is 24.7 Å². The van der Waals surface area contributed by atoms with Gasteiger partial charge in [-0.1, -0.05) is 11.6 Å². The Balaban J connectivity index is 1.40. The van der Waals surface area contributed by atoms with Crippen molar-refractivity contribution < 1.29 is 28.5 Å². The number of nitrogens with two attached hydrogens (primary N) is 1. The van der Waals surface area contributed by atoms with E-state index in [2.05, 4.69) is 26.8 Å². The Morgan fingerprint density at radius 3 is 2.57 bits per heavy atom. The fourth-order valence-corrected chi connectivity index (χ4v) is 5.41. The van der Waals surface area contributed by atoms with Gasteiger partial charge in [-0.25, -0.2) is 4.79 Å². The molecule has 1 spiro atoms. The molecular weight excluding hydrogens is 388 g/mol. The zero-order valence-corrected chi connectivity index (χ0v) is 18.4. The van der Waals surface area contributed by atoms with Crippen LogP contribution in [0, 0.1) is 11.8 Å². The first-order chi connectivity index (χ1) is 14.2. The predicted molar refractivity (Wildman–Crippen MR) is 109 cm³/mol. The lowest BCUT2D eigenvalue weighted by Gasteiger charge is -2.44. The van der Waals surface area contributed by atoms with E-state index in [-0.39, 0.29) is 53.4 Å². The van der Waals surface area contributed by atoms with Crippen molar-refractivity contribution in [1.82, 2.24) is 4.90 Å². The van der Waals surface area contributed by atoms with E-state index >= 15 is 0 Å². The maximum absolute atomic E-state index is 12.6. The number of amides is 2. The first-order valence-corrected chi connectivity index (χ1v) is 10.9. The maximum Gasteiger partial charge on any atom is 0.410 e.